The van der Waals surface area contributed by atoms with Crippen molar-refractivity contribution in [3.63, 3.8) is 0 Å². The summed E-state index contributed by atoms with van der Waals surface area (Å²) in [5, 5.41) is 10.6. The number of halogens is 2. The number of hydrogen-bond donors (Lipinski definition) is 0. The Labute approximate surface area is 167 Å². The van der Waals surface area contributed by atoms with Crippen LogP contribution in [-0.2, 0) is 0 Å². The third-order valence-electron chi connectivity index (χ3n) is 3.94. The highest BCUT2D eigenvalue weighted by Crippen LogP contribution is 2.36. The monoisotopic (exact) mass is 399 g/mol. The Balaban J connectivity index is 1.99. The zero-order valence-corrected chi connectivity index (χ0v) is 16.1. The van der Waals surface area contributed by atoms with Gasteiger partial charge in [0.2, 0.25) is 0 Å². The predicted octanol–water partition coefficient (Wildman–Crippen LogP) is 6.33. The van der Waals surface area contributed by atoms with Crippen molar-refractivity contribution >= 4 is 34.9 Å². The molecule has 0 unspecified atom stereocenters. The van der Waals surface area contributed by atoms with Gasteiger partial charge >= 0.3 is 0 Å². The van der Waals surface area contributed by atoms with Gasteiger partial charge in [0, 0.05) is 0 Å². The Morgan fingerprint density at radius 3 is 2.33 bits per heavy atom. The Bertz CT molecular complexity index is 1030. The van der Waals surface area contributed by atoms with Gasteiger partial charge in [0.05, 0.1) is 41.5 Å². The van der Waals surface area contributed by atoms with Crippen LogP contribution in [0.25, 0.3) is 23.0 Å². The number of benzene rings is 2. The quantitative estimate of drug-likeness (QED) is 0.470. The van der Waals surface area contributed by atoms with E-state index in [2.05, 4.69) is 6.07 Å². The summed E-state index contributed by atoms with van der Waals surface area (Å²) in [6.45, 7) is 0. The fourth-order valence-corrected chi connectivity index (χ4v) is 3.21. The minimum atomic E-state index is 0.419. The number of allylic oxidation sites excluding steroid dienone is 1. The number of methoxy groups -OCH3 is 2. The molecule has 4 nitrogen and oxygen atoms in total. The lowest BCUT2D eigenvalue weighted by molar-refractivity contribution is 0.355. The molecule has 0 aliphatic heterocycles. The number of rotatable bonds is 5. The van der Waals surface area contributed by atoms with E-state index in [4.69, 9.17) is 37.1 Å². The summed E-state index contributed by atoms with van der Waals surface area (Å²) in [5.41, 5.74) is 1.72. The summed E-state index contributed by atoms with van der Waals surface area (Å²) in [6.07, 6.45) is 1.65. The van der Waals surface area contributed by atoms with E-state index >= 15 is 0 Å². The van der Waals surface area contributed by atoms with Crippen LogP contribution in [0, 0.1) is 11.3 Å². The van der Waals surface area contributed by atoms with E-state index in [1.165, 1.54) is 0 Å². The average Bonchev–Trinajstić information content (AvgIpc) is 3.13. The first-order valence-corrected chi connectivity index (χ1v) is 8.71. The molecule has 0 spiro atoms. The van der Waals surface area contributed by atoms with Crippen molar-refractivity contribution < 1.29 is 13.9 Å². The summed E-state index contributed by atoms with van der Waals surface area (Å²) in [7, 11) is 3.10. The van der Waals surface area contributed by atoms with Gasteiger partial charge in [-0.2, -0.15) is 5.26 Å². The van der Waals surface area contributed by atoms with Crippen molar-refractivity contribution in [2.45, 2.75) is 0 Å². The van der Waals surface area contributed by atoms with Gasteiger partial charge in [-0.15, -0.1) is 0 Å². The maximum absolute atomic E-state index is 9.57. The second-order valence-corrected chi connectivity index (χ2v) is 6.35. The number of ether oxygens (including phenoxy) is 2. The summed E-state index contributed by atoms with van der Waals surface area (Å²) in [5.74, 6) is 2.17. The van der Waals surface area contributed by atoms with Crippen molar-refractivity contribution in [2.75, 3.05) is 14.2 Å². The molecule has 0 N–H and O–H groups in total. The molecular formula is C21H15Cl2NO3. The van der Waals surface area contributed by atoms with E-state index in [9.17, 15) is 5.26 Å². The van der Waals surface area contributed by atoms with Gasteiger partial charge < -0.3 is 13.9 Å². The molecule has 1 heterocycles. The van der Waals surface area contributed by atoms with Crippen LogP contribution in [0.5, 0.6) is 11.5 Å². The first-order valence-electron chi connectivity index (χ1n) is 7.95. The summed E-state index contributed by atoms with van der Waals surface area (Å²) < 4.78 is 16.4. The number of nitriles is 1. The molecule has 0 aliphatic carbocycles. The predicted molar refractivity (Wildman–Crippen MR) is 107 cm³/mol. The van der Waals surface area contributed by atoms with Crippen molar-refractivity contribution in [2.24, 2.45) is 0 Å². The number of hydrogen-bond acceptors (Lipinski definition) is 4. The topological polar surface area (TPSA) is 55.4 Å². The van der Waals surface area contributed by atoms with Crippen LogP contribution in [0.2, 0.25) is 10.0 Å². The lowest BCUT2D eigenvalue weighted by Crippen LogP contribution is -1.92. The molecular weight excluding hydrogens is 385 g/mol. The minimum Gasteiger partial charge on any atom is -0.493 e. The molecule has 0 saturated heterocycles. The summed E-state index contributed by atoms with van der Waals surface area (Å²) in [6, 6.07) is 16.2. The molecule has 0 radical (unpaired) electrons. The van der Waals surface area contributed by atoms with Crippen LogP contribution in [-0.4, -0.2) is 14.2 Å². The van der Waals surface area contributed by atoms with E-state index in [1.54, 1.807) is 68.8 Å². The van der Waals surface area contributed by atoms with Gasteiger partial charge in [-0.3, -0.25) is 0 Å². The summed E-state index contributed by atoms with van der Waals surface area (Å²) in [4.78, 5) is 0. The van der Waals surface area contributed by atoms with Crippen LogP contribution >= 0.6 is 23.2 Å². The molecule has 27 heavy (non-hydrogen) atoms. The molecule has 3 rings (SSSR count). The zero-order chi connectivity index (χ0) is 19.4. The molecule has 0 saturated carbocycles. The molecule has 0 fully saturated rings. The molecule has 2 aromatic carbocycles. The molecule has 6 heteroatoms. The summed E-state index contributed by atoms with van der Waals surface area (Å²) >= 11 is 12.5. The van der Waals surface area contributed by atoms with Crippen LogP contribution in [0.3, 0.4) is 0 Å². The first-order chi connectivity index (χ1) is 13.1. The standard InChI is InChI=1S/C21H15Cl2NO3/c1-25-18-8-6-13(11-20(18)26-2)14(12-24)10-15-7-9-19(27-15)21-16(22)4-3-5-17(21)23/h3-11H,1-2H3. The zero-order valence-electron chi connectivity index (χ0n) is 14.6. The SMILES string of the molecule is COc1ccc(C(C#N)=Cc2ccc(-c3c(Cl)cccc3Cl)o2)cc1OC. The molecule has 0 atom stereocenters. The maximum atomic E-state index is 9.57. The van der Waals surface area contributed by atoms with E-state index in [1.807, 2.05) is 0 Å². The molecule has 136 valence electrons. The van der Waals surface area contributed by atoms with E-state index < -0.39 is 0 Å². The van der Waals surface area contributed by atoms with Crippen molar-refractivity contribution in [1.29, 1.82) is 5.26 Å². The first kappa shape index (κ1) is 18.9. The normalized spacial score (nSPS) is 11.1. The Kier molecular flexibility index (Phi) is 5.75. The van der Waals surface area contributed by atoms with Gasteiger partial charge in [0.1, 0.15) is 11.5 Å². The lowest BCUT2D eigenvalue weighted by atomic mass is 10.1. The van der Waals surface area contributed by atoms with Gasteiger partial charge in [-0.05, 0) is 54.1 Å². The third kappa shape index (κ3) is 3.95. The van der Waals surface area contributed by atoms with Crippen LogP contribution < -0.4 is 9.47 Å². The van der Waals surface area contributed by atoms with Gasteiger partial charge in [0.15, 0.2) is 11.5 Å². The second kappa shape index (κ2) is 8.22. The van der Waals surface area contributed by atoms with Gasteiger partial charge in [-0.25, -0.2) is 0 Å². The highest BCUT2D eigenvalue weighted by molar-refractivity contribution is 6.39. The van der Waals surface area contributed by atoms with E-state index in [-0.39, 0.29) is 0 Å². The van der Waals surface area contributed by atoms with E-state index in [0.717, 1.165) is 0 Å². The van der Waals surface area contributed by atoms with Gasteiger partial charge in [0.25, 0.3) is 0 Å². The minimum absolute atomic E-state index is 0.419. The van der Waals surface area contributed by atoms with Crippen molar-refractivity contribution in [1.82, 2.24) is 0 Å². The average molecular weight is 400 g/mol. The van der Waals surface area contributed by atoms with Crippen LogP contribution in [0.1, 0.15) is 11.3 Å². The highest BCUT2D eigenvalue weighted by atomic mass is 35.5. The Morgan fingerprint density at radius 2 is 1.70 bits per heavy atom. The van der Waals surface area contributed by atoms with Gasteiger partial charge in [-0.1, -0.05) is 29.3 Å². The molecule has 0 amide bonds. The smallest absolute Gasteiger partial charge is 0.161 e. The van der Waals surface area contributed by atoms with Crippen molar-refractivity contribution in [3.8, 4) is 28.9 Å². The molecule has 0 bridgehead atoms. The van der Waals surface area contributed by atoms with E-state index in [0.29, 0.717) is 49.8 Å². The largest absolute Gasteiger partial charge is 0.493 e. The maximum Gasteiger partial charge on any atom is 0.161 e. The highest BCUT2D eigenvalue weighted by Gasteiger charge is 2.13. The fraction of sp³-hybridized carbons (Fsp3) is 0.0952. The number of furan rings is 1. The molecule has 1 aromatic heterocycles. The van der Waals surface area contributed by atoms with Crippen LogP contribution in [0.4, 0.5) is 0 Å². The lowest BCUT2D eigenvalue weighted by Gasteiger charge is -2.08. The second-order valence-electron chi connectivity index (χ2n) is 5.54. The number of nitrogens with zero attached hydrogens (tertiary/aromatic N) is 1. The van der Waals surface area contributed by atoms with Crippen molar-refractivity contribution in [3.05, 3.63) is 69.9 Å². The fourth-order valence-electron chi connectivity index (χ4n) is 2.62. The third-order valence-corrected chi connectivity index (χ3v) is 4.57. The Hall–Kier alpha value is -2.87. The Morgan fingerprint density at radius 1 is 1.00 bits per heavy atom. The molecule has 3 aromatic rings. The molecule has 0 aliphatic rings. The van der Waals surface area contributed by atoms with Crippen LogP contribution in [0.15, 0.2) is 52.9 Å².